The highest BCUT2D eigenvalue weighted by atomic mass is 16.3. The molecule has 1 saturated heterocycles. The van der Waals surface area contributed by atoms with Crippen LogP contribution in [0.25, 0.3) is 0 Å². The molecule has 4 atom stereocenters. The molecule has 0 radical (unpaired) electrons. The molecule has 1 spiro atoms. The summed E-state index contributed by atoms with van der Waals surface area (Å²) in [6.45, 7) is 11.6. The number of imidazole rings is 1. The van der Waals surface area contributed by atoms with Gasteiger partial charge >= 0.3 is 0 Å². The molecule has 1 aromatic heterocycles. The Morgan fingerprint density at radius 2 is 2.03 bits per heavy atom. The Kier molecular flexibility index (Phi) is 5.22. The van der Waals surface area contributed by atoms with E-state index in [1.54, 1.807) is 6.92 Å². The van der Waals surface area contributed by atoms with Gasteiger partial charge in [0, 0.05) is 54.7 Å². The second-order valence-electron chi connectivity index (χ2n) is 10.1. The van der Waals surface area contributed by atoms with Gasteiger partial charge < -0.3 is 14.6 Å². The number of amides is 1. The number of hydrogen-bond donors (Lipinski definition) is 1. The summed E-state index contributed by atoms with van der Waals surface area (Å²) in [5.74, 6) is 0.704. The number of aliphatic hydroxyl groups excluding tert-OH is 1. The zero-order valence-corrected chi connectivity index (χ0v) is 18.1. The first-order chi connectivity index (χ1) is 13.8. The molecule has 4 rings (SSSR count). The predicted octanol–water partition coefficient (Wildman–Crippen LogP) is 3.86. The molecule has 1 unspecified atom stereocenters. The van der Waals surface area contributed by atoms with Gasteiger partial charge in [-0.2, -0.15) is 0 Å². The maximum absolute atomic E-state index is 11.7. The number of carbonyl (C=O) groups excluding carboxylic acids is 1. The molecule has 1 saturated carbocycles. The fraction of sp³-hybridized carbons (Fsp3) is 0.667. The number of carbonyl (C=O) groups is 1. The minimum Gasteiger partial charge on any atom is -0.392 e. The van der Waals surface area contributed by atoms with Gasteiger partial charge in [-0.05, 0) is 38.0 Å². The third kappa shape index (κ3) is 3.37. The van der Waals surface area contributed by atoms with Crippen molar-refractivity contribution in [2.45, 2.75) is 70.4 Å². The first-order valence-electron chi connectivity index (χ1n) is 11.0. The second kappa shape index (κ2) is 7.42. The monoisotopic (exact) mass is 397 g/mol. The number of rotatable bonds is 3. The first kappa shape index (κ1) is 20.4. The van der Waals surface area contributed by atoms with Crippen LogP contribution in [0, 0.1) is 17.3 Å². The second-order valence-corrected chi connectivity index (χ2v) is 10.1. The Labute approximate surface area is 174 Å². The molecule has 1 aromatic rings. The Morgan fingerprint density at radius 1 is 1.31 bits per heavy atom. The van der Waals surface area contributed by atoms with Crippen molar-refractivity contribution in [3.63, 3.8) is 0 Å². The molecule has 1 amide bonds. The van der Waals surface area contributed by atoms with Crippen LogP contribution >= 0.6 is 0 Å². The van der Waals surface area contributed by atoms with E-state index in [1.807, 2.05) is 23.5 Å². The number of hydrogen-bond acceptors (Lipinski definition) is 3. The number of allylic oxidation sites excluding steroid dienone is 3. The van der Waals surface area contributed by atoms with Crippen molar-refractivity contribution >= 4 is 5.91 Å². The van der Waals surface area contributed by atoms with E-state index >= 15 is 0 Å². The highest BCUT2D eigenvalue weighted by molar-refractivity contribution is 5.73. The van der Waals surface area contributed by atoms with Gasteiger partial charge in [0.05, 0.1) is 12.4 Å². The number of fused-ring (bicyclic) bond motifs is 1. The van der Waals surface area contributed by atoms with Gasteiger partial charge in [0.15, 0.2) is 0 Å². The van der Waals surface area contributed by atoms with E-state index in [0.717, 1.165) is 45.2 Å². The molecule has 29 heavy (non-hydrogen) atoms. The molecule has 2 fully saturated rings. The fourth-order valence-corrected chi connectivity index (χ4v) is 6.40. The summed E-state index contributed by atoms with van der Waals surface area (Å²) in [5.41, 5.74) is 1.28. The summed E-state index contributed by atoms with van der Waals surface area (Å²) in [7, 11) is 0. The van der Waals surface area contributed by atoms with Crippen molar-refractivity contribution in [3.05, 3.63) is 43.0 Å². The first-order valence-corrected chi connectivity index (χ1v) is 11.0. The zero-order chi connectivity index (χ0) is 20.8. The normalized spacial score (nSPS) is 33.2. The maximum Gasteiger partial charge on any atom is 0.219 e. The van der Waals surface area contributed by atoms with E-state index in [-0.39, 0.29) is 34.8 Å². The summed E-state index contributed by atoms with van der Waals surface area (Å²) in [6.07, 6.45) is 14.7. The van der Waals surface area contributed by atoms with Gasteiger partial charge in [-0.3, -0.25) is 4.79 Å². The molecule has 2 aliphatic heterocycles. The SMILES string of the molecule is C=C/C=C\C1CC(C)(C)c2cncn2[C@@H]1[C@H]1CCC2(CCN(C(C)=O)CC2)[C@H]1O. The van der Waals surface area contributed by atoms with Crippen molar-refractivity contribution in [2.24, 2.45) is 17.3 Å². The molecular formula is C24H35N3O2. The van der Waals surface area contributed by atoms with Gasteiger partial charge in [0.2, 0.25) is 5.91 Å². The van der Waals surface area contributed by atoms with Gasteiger partial charge in [0.1, 0.15) is 0 Å². The number of likely N-dealkylation sites (tertiary alicyclic amines) is 1. The highest BCUT2D eigenvalue weighted by Gasteiger charge is 2.54. The lowest BCUT2D eigenvalue weighted by Gasteiger charge is -2.46. The van der Waals surface area contributed by atoms with Gasteiger partial charge in [-0.1, -0.05) is 38.7 Å². The van der Waals surface area contributed by atoms with Crippen LogP contribution in [0.3, 0.4) is 0 Å². The average Bonchev–Trinajstić information content (AvgIpc) is 3.28. The minimum atomic E-state index is -0.335. The maximum atomic E-state index is 11.7. The fourth-order valence-electron chi connectivity index (χ4n) is 6.40. The number of aromatic nitrogens is 2. The van der Waals surface area contributed by atoms with Crippen molar-refractivity contribution in [1.29, 1.82) is 0 Å². The number of aliphatic hydroxyl groups is 1. The Morgan fingerprint density at radius 3 is 2.69 bits per heavy atom. The molecule has 0 bridgehead atoms. The Hall–Kier alpha value is -1.88. The van der Waals surface area contributed by atoms with Crippen molar-refractivity contribution < 1.29 is 9.90 Å². The minimum absolute atomic E-state index is 0.0446. The molecule has 0 aromatic carbocycles. The summed E-state index contributed by atoms with van der Waals surface area (Å²) in [5, 5.41) is 11.6. The third-order valence-electron chi connectivity index (χ3n) is 8.01. The van der Waals surface area contributed by atoms with Crippen LogP contribution in [0.15, 0.2) is 37.3 Å². The molecule has 1 aliphatic carbocycles. The summed E-state index contributed by atoms with van der Waals surface area (Å²) in [6, 6.07) is 0.219. The molecule has 158 valence electrons. The smallest absolute Gasteiger partial charge is 0.219 e. The topological polar surface area (TPSA) is 58.4 Å². The Bertz CT molecular complexity index is 801. The zero-order valence-electron chi connectivity index (χ0n) is 18.1. The average molecular weight is 398 g/mol. The van der Waals surface area contributed by atoms with Crippen molar-refractivity contribution in [2.75, 3.05) is 13.1 Å². The van der Waals surface area contributed by atoms with Crippen LogP contribution in [0.5, 0.6) is 0 Å². The highest BCUT2D eigenvalue weighted by Crippen LogP contribution is 2.56. The van der Waals surface area contributed by atoms with Crippen LogP contribution in [0.4, 0.5) is 0 Å². The molecule has 5 nitrogen and oxygen atoms in total. The summed E-state index contributed by atoms with van der Waals surface area (Å²) >= 11 is 0. The van der Waals surface area contributed by atoms with E-state index in [0.29, 0.717) is 5.92 Å². The quantitative estimate of drug-likeness (QED) is 0.788. The van der Waals surface area contributed by atoms with Crippen LogP contribution in [-0.4, -0.2) is 44.7 Å². The van der Waals surface area contributed by atoms with Crippen LogP contribution in [0.1, 0.15) is 64.6 Å². The van der Waals surface area contributed by atoms with Gasteiger partial charge in [-0.15, -0.1) is 0 Å². The van der Waals surface area contributed by atoms with Gasteiger partial charge in [-0.25, -0.2) is 4.98 Å². The summed E-state index contributed by atoms with van der Waals surface area (Å²) < 4.78 is 2.35. The standard InChI is InChI=1S/C24H35N3O2/c1-5-6-7-18-14-23(3,4)20-15-25-16-27(20)21(18)19-8-9-24(22(19)29)10-12-26(13-11-24)17(2)28/h5-7,15-16,18-19,21-22,29H,1,8-14H2,2-4H3/b7-6-/t18?,19-,21+,22+/m1/s1. The van der Waals surface area contributed by atoms with E-state index in [9.17, 15) is 9.90 Å². The van der Waals surface area contributed by atoms with Crippen LogP contribution in [0.2, 0.25) is 0 Å². The number of piperidine rings is 1. The number of nitrogens with zero attached hydrogens (tertiary/aromatic N) is 3. The predicted molar refractivity (Wildman–Crippen MR) is 114 cm³/mol. The lowest BCUT2D eigenvalue weighted by atomic mass is 9.68. The Balaban J connectivity index is 1.63. The molecule has 1 N–H and O–H groups in total. The summed E-state index contributed by atoms with van der Waals surface area (Å²) in [4.78, 5) is 18.2. The van der Waals surface area contributed by atoms with E-state index in [1.165, 1.54) is 5.69 Å². The van der Waals surface area contributed by atoms with Crippen molar-refractivity contribution in [3.8, 4) is 0 Å². The molecular weight excluding hydrogens is 362 g/mol. The van der Waals surface area contributed by atoms with Gasteiger partial charge in [0.25, 0.3) is 0 Å². The lowest BCUT2D eigenvalue weighted by molar-refractivity contribution is -0.132. The van der Waals surface area contributed by atoms with E-state index < -0.39 is 0 Å². The molecule has 3 aliphatic rings. The van der Waals surface area contributed by atoms with Crippen LogP contribution < -0.4 is 0 Å². The van der Waals surface area contributed by atoms with Crippen molar-refractivity contribution in [1.82, 2.24) is 14.5 Å². The van der Waals surface area contributed by atoms with E-state index in [4.69, 9.17) is 0 Å². The van der Waals surface area contributed by atoms with E-state index in [2.05, 4.69) is 42.1 Å². The third-order valence-corrected chi connectivity index (χ3v) is 8.01. The lowest BCUT2D eigenvalue weighted by Crippen LogP contribution is -2.48. The molecule has 3 heterocycles. The molecule has 5 heteroatoms. The largest absolute Gasteiger partial charge is 0.392 e. The van der Waals surface area contributed by atoms with Crippen LogP contribution in [-0.2, 0) is 10.2 Å².